The van der Waals surface area contributed by atoms with Crippen LogP contribution >= 0.6 is 15.9 Å². The largest absolute Gasteiger partial charge is 0.398 e. The van der Waals surface area contributed by atoms with Crippen LogP contribution in [0.5, 0.6) is 0 Å². The number of nitrogens with two attached hydrogens (primary N) is 1. The molecule has 0 saturated heterocycles. The zero-order valence-electron chi connectivity index (χ0n) is 10.3. The van der Waals surface area contributed by atoms with E-state index in [1.165, 1.54) is 10.9 Å². The second kappa shape index (κ2) is 4.97. The Kier molecular flexibility index (Phi) is 3.17. The van der Waals surface area contributed by atoms with E-state index in [1.54, 1.807) is 0 Å². The molecule has 3 nitrogen and oxygen atoms in total. The number of hydrogen-bond acceptors (Lipinski definition) is 2. The van der Waals surface area contributed by atoms with Gasteiger partial charge in [0.05, 0.1) is 0 Å². The van der Waals surface area contributed by atoms with Crippen LogP contribution in [0.4, 0.5) is 5.69 Å². The van der Waals surface area contributed by atoms with E-state index >= 15 is 0 Å². The second-order valence-electron chi connectivity index (χ2n) is 4.48. The molecule has 0 aliphatic rings. The van der Waals surface area contributed by atoms with Crippen LogP contribution in [0.1, 0.15) is 5.56 Å². The number of fused-ring (bicyclic) bond motifs is 1. The van der Waals surface area contributed by atoms with Crippen molar-refractivity contribution in [2.75, 3.05) is 5.73 Å². The van der Waals surface area contributed by atoms with Crippen molar-refractivity contribution < 1.29 is 4.57 Å². The maximum atomic E-state index is 5.69. The molecule has 3 rings (SSSR count). The molecular formula is C15H13BrN3+. The molecule has 1 aromatic carbocycles. The van der Waals surface area contributed by atoms with Gasteiger partial charge in [-0.25, -0.2) is 4.57 Å². The SMILES string of the molecule is Nc1cc[n+](Cc2ccc3cncc(Br)c3c2)cc1. The Labute approximate surface area is 119 Å². The third kappa shape index (κ3) is 2.58. The van der Waals surface area contributed by atoms with Crippen molar-refractivity contribution in [3.8, 4) is 0 Å². The van der Waals surface area contributed by atoms with Gasteiger partial charge in [-0.05, 0) is 27.4 Å². The van der Waals surface area contributed by atoms with Crippen molar-refractivity contribution in [3.63, 3.8) is 0 Å². The molecule has 0 atom stereocenters. The molecule has 0 radical (unpaired) electrons. The number of benzene rings is 1. The highest BCUT2D eigenvalue weighted by molar-refractivity contribution is 9.10. The molecule has 0 aliphatic heterocycles. The molecule has 0 spiro atoms. The molecule has 0 saturated carbocycles. The van der Waals surface area contributed by atoms with Crippen LogP contribution in [-0.2, 0) is 6.54 Å². The average molecular weight is 315 g/mol. The minimum absolute atomic E-state index is 0.781. The zero-order valence-corrected chi connectivity index (χ0v) is 11.8. The van der Waals surface area contributed by atoms with Crippen LogP contribution in [0.15, 0.2) is 59.6 Å². The Morgan fingerprint density at radius 1 is 1.11 bits per heavy atom. The molecule has 2 aromatic heterocycles. The quantitative estimate of drug-likeness (QED) is 0.739. The summed E-state index contributed by atoms with van der Waals surface area (Å²) >= 11 is 3.54. The number of pyridine rings is 2. The Morgan fingerprint density at radius 3 is 2.68 bits per heavy atom. The maximum absolute atomic E-state index is 5.69. The number of hydrogen-bond donors (Lipinski definition) is 1. The number of aromatic nitrogens is 2. The Balaban J connectivity index is 1.97. The van der Waals surface area contributed by atoms with E-state index in [1.807, 2.05) is 36.9 Å². The number of nitrogens with zero attached hydrogens (tertiary/aromatic N) is 2. The van der Waals surface area contributed by atoms with E-state index < -0.39 is 0 Å². The third-order valence-corrected chi connectivity index (χ3v) is 3.69. The van der Waals surface area contributed by atoms with Crippen LogP contribution in [0.3, 0.4) is 0 Å². The van der Waals surface area contributed by atoms with Crippen LogP contribution in [0, 0.1) is 0 Å². The molecule has 4 heteroatoms. The monoisotopic (exact) mass is 314 g/mol. The summed E-state index contributed by atoms with van der Waals surface area (Å²) in [5.74, 6) is 0. The summed E-state index contributed by atoms with van der Waals surface area (Å²) in [5.41, 5.74) is 7.71. The zero-order chi connectivity index (χ0) is 13.2. The van der Waals surface area contributed by atoms with E-state index in [9.17, 15) is 0 Å². The predicted octanol–water partition coefficient (Wildman–Crippen LogP) is 2.92. The molecular weight excluding hydrogens is 302 g/mol. The highest BCUT2D eigenvalue weighted by atomic mass is 79.9. The van der Waals surface area contributed by atoms with Gasteiger partial charge in [0.25, 0.3) is 0 Å². The highest BCUT2D eigenvalue weighted by Gasteiger charge is 2.05. The first-order valence-electron chi connectivity index (χ1n) is 5.99. The summed E-state index contributed by atoms with van der Waals surface area (Å²) in [7, 11) is 0. The average Bonchev–Trinajstić information content (AvgIpc) is 2.42. The minimum Gasteiger partial charge on any atom is -0.398 e. The van der Waals surface area contributed by atoms with E-state index in [2.05, 4.69) is 43.7 Å². The molecule has 0 bridgehead atoms. The van der Waals surface area contributed by atoms with Crippen molar-refractivity contribution in [2.24, 2.45) is 0 Å². The predicted molar refractivity (Wildman–Crippen MR) is 79.6 cm³/mol. The maximum Gasteiger partial charge on any atom is 0.173 e. The van der Waals surface area contributed by atoms with Crippen LogP contribution in [0.2, 0.25) is 0 Å². The summed E-state index contributed by atoms with van der Waals surface area (Å²) in [6.45, 7) is 0.824. The summed E-state index contributed by atoms with van der Waals surface area (Å²) < 4.78 is 3.13. The lowest BCUT2D eigenvalue weighted by atomic mass is 10.1. The molecule has 94 valence electrons. The van der Waals surface area contributed by atoms with E-state index in [0.717, 1.165) is 22.1 Å². The van der Waals surface area contributed by atoms with Crippen molar-refractivity contribution in [1.82, 2.24) is 4.98 Å². The lowest BCUT2D eigenvalue weighted by Gasteiger charge is -2.03. The highest BCUT2D eigenvalue weighted by Crippen LogP contribution is 2.23. The summed E-state index contributed by atoms with van der Waals surface area (Å²) in [6, 6.07) is 10.2. The Bertz CT molecular complexity index is 723. The van der Waals surface area contributed by atoms with Gasteiger partial charge in [-0.1, -0.05) is 12.1 Å². The normalized spacial score (nSPS) is 10.8. The summed E-state index contributed by atoms with van der Waals surface area (Å²) in [4.78, 5) is 4.17. The summed E-state index contributed by atoms with van der Waals surface area (Å²) in [5, 5.41) is 2.32. The molecule has 0 amide bonds. The van der Waals surface area contributed by atoms with Crippen molar-refractivity contribution in [1.29, 1.82) is 0 Å². The number of nitrogen functional groups attached to an aromatic ring is 1. The lowest BCUT2D eigenvalue weighted by Crippen LogP contribution is -2.33. The van der Waals surface area contributed by atoms with E-state index in [-0.39, 0.29) is 0 Å². The topological polar surface area (TPSA) is 42.8 Å². The first-order chi connectivity index (χ1) is 9.22. The molecule has 0 fully saturated rings. The van der Waals surface area contributed by atoms with Gasteiger partial charge in [0.15, 0.2) is 18.9 Å². The Hall–Kier alpha value is -1.94. The minimum atomic E-state index is 0.781. The van der Waals surface area contributed by atoms with Crippen molar-refractivity contribution in [2.45, 2.75) is 6.54 Å². The Morgan fingerprint density at radius 2 is 1.89 bits per heavy atom. The van der Waals surface area contributed by atoms with Gasteiger partial charge in [0.1, 0.15) is 0 Å². The van der Waals surface area contributed by atoms with Crippen LogP contribution in [0.25, 0.3) is 10.8 Å². The summed E-state index contributed by atoms with van der Waals surface area (Å²) in [6.07, 6.45) is 7.67. The molecule has 2 heterocycles. The van der Waals surface area contributed by atoms with Crippen LogP contribution in [-0.4, -0.2) is 4.98 Å². The van der Waals surface area contributed by atoms with Crippen LogP contribution < -0.4 is 10.3 Å². The smallest absolute Gasteiger partial charge is 0.173 e. The molecule has 19 heavy (non-hydrogen) atoms. The van der Waals surface area contributed by atoms with Gasteiger partial charge >= 0.3 is 0 Å². The molecule has 3 aromatic rings. The van der Waals surface area contributed by atoms with Gasteiger partial charge in [0.2, 0.25) is 0 Å². The van der Waals surface area contributed by atoms with Gasteiger partial charge in [0, 0.05) is 45.6 Å². The number of halogens is 1. The standard InChI is InChI=1S/C15H12BrN3/c16-15-9-18-8-12-2-1-11(7-14(12)15)10-19-5-3-13(17)4-6-19/h1-9,17H,10H2/p+1. The number of rotatable bonds is 2. The second-order valence-corrected chi connectivity index (χ2v) is 5.33. The molecule has 2 N–H and O–H groups in total. The first-order valence-corrected chi connectivity index (χ1v) is 6.78. The van der Waals surface area contributed by atoms with Gasteiger partial charge in [-0.15, -0.1) is 0 Å². The third-order valence-electron chi connectivity index (χ3n) is 3.06. The van der Waals surface area contributed by atoms with Gasteiger partial charge < -0.3 is 5.73 Å². The molecule has 0 unspecified atom stereocenters. The molecule has 0 aliphatic carbocycles. The van der Waals surface area contributed by atoms with E-state index in [0.29, 0.717) is 0 Å². The fourth-order valence-corrected chi connectivity index (χ4v) is 2.52. The van der Waals surface area contributed by atoms with Gasteiger partial charge in [-0.3, -0.25) is 4.98 Å². The van der Waals surface area contributed by atoms with Crippen molar-refractivity contribution >= 4 is 32.4 Å². The van der Waals surface area contributed by atoms with Crippen molar-refractivity contribution in [3.05, 3.63) is 65.2 Å². The lowest BCUT2D eigenvalue weighted by molar-refractivity contribution is -0.688. The first kappa shape index (κ1) is 12.1. The fraction of sp³-hybridized carbons (Fsp3) is 0.0667. The number of anilines is 1. The fourth-order valence-electron chi connectivity index (χ4n) is 2.06. The van der Waals surface area contributed by atoms with Gasteiger partial charge in [-0.2, -0.15) is 0 Å². The van der Waals surface area contributed by atoms with E-state index in [4.69, 9.17) is 5.73 Å².